The minimum atomic E-state index is -0.589. The number of rotatable bonds is 6. The number of pyridine rings is 1. The van der Waals surface area contributed by atoms with Gasteiger partial charge in [0.2, 0.25) is 5.78 Å². The summed E-state index contributed by atoms with van der Waals surface area (Å²) in [6.07, 6.45) is 4.12. The van der Waals surface area contributed by atoms with Gasteiger partial charge in [0, 0.05) is 19.8 Å². The largest absolute Gasteiger partial charge is 0.487 e. The molecule has 0 saturated heterocycles. The summed E-state index contributed by atoms with van der Waals surface area (Å²) in [4.78, 5) is 42.5. The molecule has 0 bridgehead atoms. The van der Waals surface area contributed by atoms with E-state index >= 15 is 0 Å². The number of nitrogens with zero attached hydrogens (tertiary/aromatic N) is 3. The van der Waals surface area contributed by atoms with Gasteiger partial charge in [-0.15, -0.1) is 0 Å². The Hall–Kier alpha value is -3.94. The van der Waals surface area contributed by atoms with Gasteiger partial charge in [0.1, 0.15) is 23.7 Å². The van der Waals surface area contributed by atoms with E-state index in [2.05, 4.69) is 10.3 Å². The summed E-state index contributed by atoms with van der Waals surface area (Å²) in [5.74, 6) is 0.619. The summed E-state index contributed by atoms with van der Waals surface area (Å²) >= 11 is 0. The molecule has 8 heteroatoms. The van der Waals surface area contributed by atoms with Gasteiger partial charge in [0.05, 0.1) is 11.4 Å². The molecule has 0 atom stereocenters. The van der Waals surface area contributed by atoms with Gasteiger partial charge in [0.25, 0.3) is 5.56 Å². The van der Waals surface area contributed by atoms with Crippen LogP contribution in [0.4, 0.5) is 5.82 Å². The van der Waals surface area contributed by atoms with Crippen LogP contribution < -0.4 is 21.3 Å². The number of hydrogen-bond donors (Lipinski definition) is 1. The van der Waals surface area contributed by atoms with Crippen molar-refractivity contribution < 1.29 is 9.53 Å². The Kier molecular flexibility index (Phi) is 6.00. The summed E-state index contributed by atoms with van der Waals surface area (Å²) in [6.45, 7) is 6.58. The van der Waals surface area contributed by atoms with Gasteiger partial charge in [-0.1, -0.05) is 13.0 Å². The van der Waals surface area contributed by atoms with E-state index in [0.29, 0.717) is 19.6 Å². The van der Waals surface area contributed by atoms with Crippen molar-refractivity contribution in [3.63, 3.8) is 0 Å². The van der Waals surface area contributed by atoms with E-state index in [1.807, 2.05) is 51.1 Å². The molecular formula is C25H26N4O4. The molecule has 4 rings (SSSR count). The van der Waals surface area contributed by atoms with E-state index in [-0.39, 0.29) is 17.1 Å². The molecule has 0 spiro atoms. The Balaban J connectivity index is 1.66. The van der Waals surface area contributed by atoms with E-state index in [0.717, 1.165) is 32.7 Å². The van der Waals surface area contributed by atoms with Gasteiger partial charge in [0.15, 0.2) is 0 Å². The fourth-order valence-corrected chi connectivity index (χ4v) is 4.04. The lowest BCUT2D eigenvalue weighted by molar-refractivity contribution is 0.104. The number of benzene rings is 1. The number of aryl methyl sites for hydroxylation is 2. The molecule has 0 saturated carbocycles. The van der Waals surface area contributed by atoms with Gasteiger partial charge in [-0.2, -0.15) is 0 Å². The van der Waals surface area contributed by atoms with Crippen molar-refractivity contribution >= 4 is 17.7 Å². The lowest BCUT2D eigenvalue weighted by atomic mass is 10.0. The Labute approximate surface area is 191 Å². The van der Waals surface area contributed by atoms with Crippen LogP contribution in [-0.2, 0) is 20.2 Å². The maximum absolute atomic E-state index is 13.0. The Morgan fingerprint density at radius 1 is 1.12 bits per heavy atom. The van der Waals surface area contributed by atoms with Crippen molar-refractivity contribution in [1.29, 1.82) is 0 Å². The van der Waals surface area contributed by atoms with Crippen LogP contribution in [0, 0.1) is 13.8 Å². The predicted octanol–water partition coefficient (Wildman–Crippen LogP) is 3.20. The first-order valence-corrected chi connectivity index (χ1v) is 10.8. The van der Waals surface area contributed by atoms with Crippen molar-refractivity contribution in [3.8, 4) is 5.75 Å². The molecule has 170 valence electrons. The summed E-state index contributed by atoms with van der Waals surface area (Å²) in [5.41, 5.74) is 2.69. The smallest absolute Gasteiger partial charge is 0.332 e. The lowest BCUT2D eigenvalue weighted by Gasteiger charge is -2.13. The molecule has 2 aromatic heterocycles. The fraction of sp³-hybridized carbons (Fsp3) is 0.280. The molecule has 0 fully saturated rings. The Bertz CT molecular complexity index is 1360. The van der Waals surface area contributed by atoms with Crippen LogP contribution in [0.1, 0.15) is 46.1 Å². The first-order chi connectivity index (χ1) is 15.8. The van der Waals surface area contributed by atoms with Crippen molar-refractivity contribution in [3.05, 3.63) is 91.0 Å². The third-order valence-electron chi connectivity index (χ3n) is 5.60. The van der Waals surface area contributed by atoms with E-state index in [9.17, 15) is 14.4 Å². The zero-order valence-electron chi connectivity index (χ0n) is 19.1. The maximum atomic E-state index is 13.0. The normalized spacial score (nSPS) is 13.8. The highest BCUT2D eigenvalue weighted by Gasteiger charge is 2.32. The Morgan fingerprint density at radius 2 is 1.85 bits per heavy atom. The van der Waals surface area contributed by atoms with Crippen LogP contribution in [0.15, 0.2) is 51.8 Å². The highest BCUT2D eigenvalue weighted by molar-refractivity contribution is 6.19. The molecule has 33 heavy (non-hydrogen) atoms. The average Bonchev–Trinajstić information content (AvgIpc) is 3.11. The minimum absolute atomic E-state index is 0.000517. The van der Waals surface area contributed by atoms with E-state index in [1.165, 1.54) is 11.6 Å². The standard InChI is InChI=1S/C25H26N4O4/c1-5-10-29-23-20(24(31)28(4)25(29)32)21(30)19(27-23)13-17-11-15(2)22(16(3)12-17)33-14-18-8-6-7-9-26-18/h6-9,11-13,27H,5,10,14H2,1-4H3/b19-13-. The second kappa shape index (κ2) is 8.90. The van der Waals surface area contributed by atoms with E-state index < -0.39 is 17.0 Å². The summed E-state index contributed by atoms with van der Waals surface area (Å²) in [6, 6.07) is 9.51. The highest BCUT2D eigenvalue weighted by atomic mass is 16.5. The number of allylic oxidation sites excluding steroid dienone is 1. The number of hydrogen-bond acceptors (Lipinski definition) is 6. The van der Waals surface area contributed by atoms with Gasteiger partial charge in [-0.3, -0.25) is 23.7 Å². The molecule has 0 amide bonds. The Morgan fingerprint density at radius 3 is 2.48 bits per heavy atom. The number of nitrogens with one attached hydrogen (secondary N) is 1. The minimum Gasteiger partial charge on any atom is -0.487 e. The molecule has 3 heterocycles. The van der Waals surface area contributed by atoms with E-state index in [4.69, 9.17) is 4.74 Å². The van der Waals surface area contributed by atoms with Gasteiger partial charge in [-0.05, 0) is 67.3 Å². The molecule has 3 aromatic rings. The average molecular weight is 447 g/mol. The van der Waals surface area contributed by atoms with Crippen molar-refractivity contribution in [1.82, 2.24) is 14.1 Å². The zero-order chi connectivity index (χ0) is 23.7. The number of carbonyl (C=O) groups is 1. The quantitative estimate of drug-likeness (QED) is 0.585. The van der Waals surface area contributed by atoms with Crippen LogP contribution in [0.3, 0.4) is 0 Å². The second-order valence-corrected chi connectivity index (χ2v) is 8.13. The zero-order valence-corrected chi connectivity index (χ0v) is 19.1. The van der Waals surface area contributed by atoms with Gasteiger partial charge < -0.3 is 10.1 Å². The van der Waals surface area contributed by atoms with Gasteiger partial charge >= 0.3 is 5.69 Å². The first kappa shape index (κ1) is 22.3. The number of anilines is 1. The topological polar surface area (TPSA) is 95.2 Å². The molecule has 8 nitrogen and oxygen atoms in total. The van der Waals surface area contributed by atoms with Crippen LogP contribution in [0.25, 0.3) is 6.08 Å². The number of fused-ring (bicyclic) bond motifs is 1. The summed E-state index contributed by atoms with van der Waals surface area (Å²) < 4.78 is 8.42. The second-order valence-electron chi connectivity index (χ2n) is 8.13. The predicted molar refractivity (Wildman–Crippen MR) is 127 cm³/mol. The molecule has 0 unspecified atom stereocenters. The first-order valence-electron chi connectivity index (χ1n) is 10.8. The molecule has 0 aliphatic carbocycles. The molecular weight excluding hydrogens is 420 g/mol. The molecule has 1 aromatic carbocycles. The maximum Gasteiger partial charge on any atom is 0.332 e. The molecule has 1 aliphatic rings. The van der Waals surface area contributed by atoms with Crippen molar-refractivity contribution in [2.24, 2.45) is 7.05 Å². The number of ketones is 1. The molecule has 1 N–H and O–H groups in total. The summed E-state index contributed by atoms with van der Waals surface area (Å²) in [5, 5.41) is 3.02. The lowest BCUT2D eigenvalue weighted by Crippen LogP contribution is -2.40. The summed E-state index contributed by atoms with van der Waals surface area (Å²) in [7, 11) is 1.39. The van der Waals surface area contributed by atoms with Crippen LogP contribution in [-0.4, -0.2) is 19.9 Å². The van der Waals surface area contributed by atoms with Crippen molar-refractivity contribution in [2.75, 3.05) is 5.32 Å². The fourth-order valence-electron chi connectivity index (χ4n) is 4.04. The van der Waals surface area contributed by atoms with E-state index in [1.54, 1.807) is 12.3 Å². The highest BCUT2D eigenvalue weighted by Crippen LogP contribution is 2.29. The number of aromatic nitrogens is 3. The number of Topliss-reactive ketones (excluding diaryl/α,β-unsaturated/α-hetero) is 1. The molecule has 1 aliphatic heterocycles. The van der Waals surface area contributed by atoms with Crippen LogP contribution >= 0.6 is 0 Å². The van der Waals surface area contributed by atoms with Crippen LogP contribution in [0.2, 0.25) is 0 Å². The SMILES string of the molecule is CCCn1c2c(c(=O)n(C)c1=O)C(=O)/C(=C/c1cc(C)c(OCc3ccccn3)c(C)c1)N2. The van der Waals surface area contributed by atoms with Crippen LogP contribution in [0.5, 0.6) is 5.75 Å². The monoisotopic (exact) mass is 446 g/mol. The third kappa shape index (κ3) is 4.11. The van der Waals surface area contributed by atoms with Gasteiger partial charge in [-0.25, -0.2) is 4.79 Å². The molecule has 0 radical (unpaired) electrons. The van der Waals surface area contributed by atoms with Crippen molar-refractivity contribution in [2.45, 2.75) is 40.3 Å². The number of carbonyl (C=O) groups excluding carboxylic acids is 1. The third-order valence-corrected chi connectivity index (χ3v) is 5.60. The number of ether oxygens (including phenoxy) is 1.